The van der Waals surface area contributed by atoms with Gasteiger partial charge in [-0.3, -0.25) is 4.98 Å². The molecule has 0 unspecified atom stereocenters. The molecule has 13 heavy (non-hydrogen) atoms. The van der Waals surface area contributed by atoms with E-state index >= 15 is 0 Å². The predicted octanol–water partition coefficient (Wildman–Crippen LogP) is 1.56. The molecule has 66 valence electrons. The summed E-state index contributed by atoms with van der Waals surface area (Å²) < 4.78 is 5.05. The molecule has 0 saturated carbocycles. The lowest BCUT2D eigenvalue weighted by molar-refractivity contribution is 0.359. The van der Waals surface area contributed by atoms with Crippen LogP contribution in [0.4, 0.5) is 0 Å². The monoisotopic (exact) mass is 174 g/mol. The topological polar surface area (TPSA) is 34.2 Å². The van der Waals surface area contributed by atoms with Crippen molar-refractivity contribution in [1.29, 1.82) is 0 Å². The summed E-state index contributed by atoms with van der Waals surface area (Å²) in [6, 6.07) is 3.94. The van der Waals surface area contributed by atoms with Crippen molar-refractivity contribution in [3.05, 3.63) is 54.5 Å². The molecule has 3 heteroatoms. The van der Waals surface area contributed by atoms with E-state index in [1.54, 1.807) is 12.5 Å². The molecule has 1 aliphatic heterocycles. The number of aromatic nitrogens is 1. The van der Waals surface area contributed by atoms with E-state index in [2.05, 4.69) is 16.9 Å². The van der Waals surface area contributed by atoms with Crippen molar-refractivity contribution in [2.24, 2.45) is 0 Å². The SMILES string of the molecule is C=C1NC(Cc2cccnc2)=CO1. The molecule has 0 atom stereocenters. The van der Waals surface area contributed by atoms with Crippen LogP contribution in [0.1, 0.15) is 5.56 Å². The van der Waals surface area contributed by atoms with Gasteiger partial charge in [-0.1, -0.05) is 6.07 Å². The number of ether oxygens (including phenoxy) is 1. The molecule has 1 aromatic rings. The normalized spacial score (nSPS) is 14.8. The minimum atomic E-state index is 0.582. The fourth-order valence-corrected chi connectivity index (χ4v) is 1.19. The van der Waals surface area contributed by atoms with E-state index < -0.39 is 0 Å². The summed E-state index contributed by atoms with van der Waals surface area (Å²) in [7, 11) is 0. The van der Waals surface area contributed by atoms with Crippen LogP contribution in [0.3, 0.4) is 0 Å². The number of hydrogen-bond acceptors (Lipinski definition) is 3. The average molecular weight is 174 g/mol. The van der Waals surface area contributed by atoms with Crippen LogP contribution in [0.2, 0.25) is 0 Å². The van der Waals surface area contributed by atoms with E-state index in [9.17, 15) is 0 Å². The van der Waals surface area contributed by atoms with Gasteiger partial charge in [0.2, 0.25) is 0 Å². The number of hydrogen-bond donors (Lipinski definition) is 1. The Kier molecular flexibility index (Phi) is 2.00. The van der Waals surface area contributed by atoms with E-state index in [0.29, 0.717) is 5.88 Å². The number of rotatable bonds is 2. The average Bonchev–Trinajstić information content (AvgIpc) is 2.53. The Morgan fingerprint density at radius 3 is 3.08 bits per heavy atom. The highest BCUT2D eigenvalue weighted by Gasteiger charge is 2.08. The maximum Gasteiger partial charge on any atom is 0.189 e. The summed E-state index contributed by atoms with van der Waals surface area (Å²) in [5.74, 6) is 0.582. The molecule has 3 nitrogen and oxygen atoms in total. The van der Waals surface area contributed by atoms with Gasteiger partial charge in [-0.15, -0.1) is 0 Å². The summed E-state index contributed by atoms with van der Waals surface area (Å²) in [4.78, 5) is 4.03. The van der Waals surface area contributed by atoms with Crippen LogP contribution in [0.5, 0.6) is 0 Å². The standard InChI is InChI=1S/C10H10N2O/c1-8-12-10(7-13-8)5-9-3-2-4-11-6-9/h2-4,6-7,12H,1,5H2. The molecule has 2 heterocycles. The van der Waals surface area contributed by atoms with Gasteiger partial charge in [-0.2, -0.15) is 0 Å². The zero-order valence-electron chi connectivity index (χ0n) is 7.16. The molecule has 0 aromatic carbocycles. The van der Waals surface area contributed by atoms with Gasteiger partial charge in [0.05, 0.1) is 5.70 Å². The fraction of sp³-hybridized carbons (Fsp3) is 0.100. The molecule has 1 aliphatic rings. The molecule has 0 fully saturated rings. The Morgan fingerprint density at radius 2 is 2.46 bits per heavy atom. The second kappa shape index (κ2) is 3.31. The van der Waals surface area contributed by atoms with Gasteiger partial charge in [0.1, 0.15) is 6.26 Å². The van der Waals surface area contributed by atoms with Crippen LogP contribution in [-0.4, -0.2) is 4.98 Å². The van der Waals surface area contributed by atoms with Gasteiger partial charge in [0.25, 0.3) is 0 Å². The van der Waals surface area contributed by atoms with Gasteiger partial charge in [0.15, 0.2) is 5.88 Å². The van der Waals surface area contributed by atoms with Crippen LogP contribution >= 0.6 is 0 Å². The van der Waals surface area contributed by atoms with Crippen LogP contribution < -0.4 is 5.32 Å². The maximum atomic E-state index is 5.05. The molecular formula is C10H10N2O. The largest absolute Gasteiger partial charge is 0.448 e. The van der Waals surface area contributed by atoms with E-state index in [1.807, 2.05) is 18.3 Å². The smallest absolute Gasteiger partial charge is 0.189 e. The van der Waals surface area contributed by atoms with Crippen molar-refractivity contribution in [2.45, 2.75) is 6.42 Å². The van der Waals surface area contributed by atoms with Crippen molar-refractivity contribution < 1.29 is 4.74 Å². The van der Waals surface area contributed by atoms with Crippen LogP contribution in [0.15, 0.2) is 48.9 Å². The van der Waals surface area contributed by atoms with E-state index in [-0.39, 0.29) is 0 Å². The van der Waals surface area contributed by atoms with Gasteiger partial charge >= 0.3 is 0 Å². The summed E-state index contributed by atoms with van der Waals surface area (Å²) in [6.45, 7) is 3.64. The molecular weight excluding hydrogens is 164 g/mol. The first-order chi connectivity index (χ1) is 6.34. The molecule has 2 rings (SSSR count). The van der Waals surface area contributed by atoms with Crippen molar-refractivity contribution in [3.63, 3.8) is 0 Å². The minimum absolute atomic E-state index is 0.582. The zero-order chi connectivity index (χ0) is 9.10. The molecule has 0 spiro atoms. The summed E-state index contributed by atoms with van der Waals surface area (Å²) >= 11 is 0. The van der Waals surface area contributed by atoms with Crippen molar-refractivity contribution >= 4 is 0 Å². The molecule has 0 radical (unpaired) electrons. The van der Waals surface area contributed by atoms with Crippen LogP contribution in [-0.2, 0) is 11.2 Å². The van der Waals surface area contributed by atoms with Crippen molar-refractivity contribution in [1.82, 2.24) is 10.3 Å². The second-order valence-electron chi connectivity index (χ2n) is 2.85. The summed E-state index contributed by atoms with van der Waals surface area (Å²) in [6.07, 6.45) is 6.07. The third-order valence-electron chi connectivity index (χ3n) is 1.76. The third-order valence-corrected chi connectivity index (χ3v) is 1.76. The van der Waals surface area contributed by atoms with Gasteiger partial charge in [-0.05, 0) is 18.2 Å². The summed E-state index contributed by atoms with van der Waals surface area (Å²) in [5.41, 5.74) is 2.16. The van der Waals surface area contributed by atoms with Crippen molar-refractivity contribution in [2.75, 3.05) is 0 Å². The highest BCUT2D eigenvalue weighted by atomic mass is 16.5. The lowest BCUT2D eigenvalue weighted by atomic mass is 10.2. The molecule has 0 amide bonds. The van der Waals surface area contributed by atoms with Gasteiger partial charge in [-0.25, -0.2) is 0 Å². The minimum Gasteiger partial charge on any atom is -0.448 e. The molecule has 0 aliphatic carbocycles. The predicted molar refractivity (Wildman–Crippen MR) is 49.4 cm³/mol. The van der Waals surface area contributed by atoms with Crippen LogP contribution in [0, 0.1) is 0 Å². The van der Waals surface area contributed by atoms with Gasteiger partial charge < -0.3 is 10.1 Å². The molecule has 0 saturated heterocycles. The Balaban J connectivity index is 2.04. The number of nitrogens with one attached hydrogen (secondary N) is 1. The Morgan fingerprint density at radius 1 is 1.54 bits per heavy atom. The Hall–Kier alpha value is -1.77. The quantitative estimate of drug-likeness (QED) is 0.738. The van der Waals surface area contributed by atoms with Gasteiger partial charge in [0, 0.05) is 18.8 Å². The third kappa shape index (κ3) is 1.87. The van der Waals surface area contributed by atoms with Crippen molar-refractivity contribution in [3.8, 4) is 0 Å². The Labute approximate surface area is 76.8 Å². The lowest BCUT2D eigenvalue weighted by Gasteiger charge is -2.00. The lowest BCUT2D eigenvalue weighted by Crippen LogP contribution is -2.07. The van der Waals surface area contributed by atoms with E-state index in [1.165, 1.54) is 0 Å². The number of allylic oxidation sites excluding steroid dienone is 1. The highest BCUT2D eigenvalue weighted by Crippen LogP contribution is 2.11. The second-order valence-corrected chi connectivity index (χ2v) is 2.85. The van der Waals surface area contributed by atoms with Crippen LogP contribution in [0.25, 0.3) is 0 Å². The first kappa shape index (κ1) is 7.86. The first-order valence-electron chi connectivity index (χ1n) is 4.05. The molecule has 1 aromatic heterocycles. The molecule has 0 bridgehead atoms. The Bertz CT molecular complexity index is 343. The zero-order valence-corrected chi connectivity index (χ0v) is 7.16. The number of nitrogens with zero attached hydrogens (tertiary/aromatic N) is 1. The van der Waals surface area contributed by atoms with E-state index in [4.69, 9.17) is 4.74 Å². The molecule has 1 N–H and O–H groups in total. The summed E-state index contributed by atoms with van der Waals surface area (Å²) in [5, 5.41) is 3.02. The van der Waals surface area contributed by atoms with E-state index in [0.717, 1.165) is 17.7 Å². The maximum absolute atomic E-state index is 5.05. The number of pyridine rings is 1. The first-order valence-corrected chi connectivity index (χ1v) is 4.05. The highest BCUT2D eigenvalue weighted by molar-refractivity contribution is 5.20. The fourth-order valence-electron chi connectivity index (χ4n) is 1.19.